The summed E-state index contributed by atoms with van der Waals surface area (Å²) >= 11 is 0. The second-order valence-electron chi connectivity index (χ2n) is 1.83. The normalized spacial score (nSPS) is 9.11. The highest BCUT2D eigenvalue weighted by molar-refractivity contribution is 5.46. The number of rotatable bonds is 1. The van der Waals surface area contributed by atoms with E-state index in [4.69, 9.17) is 5.84 Å². The van der Waals surface area contributed by atoms with Crippen LogP contribution in [0.4, 0.5) is 5.69 Å². The van der Waals surface area contributed by atoms with Crippen molar-refractivity contribution in [3.05, 3.63) is 24.0 Å². The molecule has 0 atom stereocenters. The maximum atomic E-state index is 5.17. The van der Waals surface area contributed by atoms with Gasteiger partial charge in [0.15, 0.2) is 0 Å². The molecule has 1 rings (SSSR count). The fourth-order valence-corrected chi connectivity index (χ4v) is 0.635. The van der Waals surface area contributed by atoms with Crippen LogP contribution >= 0.6 is 0 Å². The van der Waals surface area contributed by atoms with E-state index < -0.39 is 0 Å². The molecule has 0 unspecified atom stereocenters. The van der Waals surface area contributed by atoms with Gasteiger partial charge in [0.2, 0.25) is 0 Å². The number of hydrazine groups is 1. The van der Waals surface area contributed by atoms with Gasteiger partial charge in [0.05, 0.1) is 5.69 Å². The summed E-state index contributed by atoms with van der Waals surface area (Å²) in [5, 5.41) is 0. The third-order valence-electron chi connectivity index (χ3n) is 1.18. The Morgan fingerprint density at radius 2 is 2.44 bits per heavy atom. The predicted molar refractivity (Wildman–Crippen MR) is 36.8 cm³/mol. The van der Waals surface area contributed by atoms with E-state index in [-0.39, 0.29) is 0 Å². The van der Waals surface area contributed by atoms with Crippen molar-refractivity contribution in [2.24, 2.45) is 5.84 Å². The molecule has 1 aromatic rings. The van der Waals surface area contributed by atoms with Crippen LogP contribution in [0.1, 0.15) is 5.56 Å². The Bertz CT molecular complexity index is 197. The lowest BCUT2D eigenvalue weighted by Gasteiger charge is -2.00. The standard InChI is InChI=1S/C6H9N3/c1-5-4-8-3-2-6(5)9-7/h2-4H,7H2,1H3,(H,8,9). The van der Waals surface area contributed by atoms with E-state index in [0.29, 0.717) is 0 Å². The van der Waals surface area contributed by atoms with Crippen molar-refractivity contribution in [1.29, 1.82) is 0 Å². The molecule has 3 N–H and O–H groups in total. The molecule has 0 bridgehead atoms. The van der Waals surface area contributed by atoms with Gasteiger partial charge in [0.1, 0.15) is 0 Å². The first kappa shape index (κ1) is 6.04. The van der Waals surface area contributed by atoms with Gasteiger partial charge in [-0.2, -0.15) is 0 Å². The summed E-state index contributed by atoms with van der Waals surface area (Å²) in [6.45, 7) is 1.95. The Hall–Kier alpha value is -1.09. The third kappa shape index (κ3) is 1.17. The Balaban J connectivity index is 3.01. The molecule has 0 saturated heterocycles. The predicted octanol–water partition coefficient (Wildman–Crippen LogP) is 0.676. The lowest BCUT2D eigenvalue weighted by atomic mass is 10.3. The van der Waals surface area contributed by atoms with E-state index in [1.54, 1.807) is 12.4 Å². The molecule has 0 radical (unpaired) electrons. The maximum absolute atomic E-state index is 5.17. The van der Waals surface area contributed by atoms with Crippen LogP contribution in [0.5, 0.6) is 0 Å². The third-order valence-corrected chi connectivity index (χ3v) is 1.18. The molecular weight excluding hydrogens is 114 g/mol. The minimum absolute atomic E-state index is 0.921. The molecule has 3 heteroatoms. The van der Waals surface area contributed by atoms with Crippen molar-refractivity contribution in [2.75, 3.05) is 5.43 Å². The van der Waals surface area contributed by atoms with Crippen molar-refractivity contribution >= 4 is 5.69 Å². The quantitative estimate of drug-likeness (QED) is 0.426. The highest BCUT2D eigenvalue weighted by Gasteiger charge is 1.90. The number of hydrogen-bond donors (Lipinski definition) is 2. The lowest BCUT2D eigenvalue weighted by molar-refractivity contribution is 1.23. The van der Waals surface area contributed by atoms with Crippen molar-refractivity contribution in [3.63, 3.8) is 0 Å². The topological polar surface area (TPSA) is 50.9 Å². The smallest absolute Gasteiger partial charge is 0.0544 e. The first-order chi connectivity index (χ1) is 4.34. The zero-order chi connectivity index (χ0) is 6.69. The van der Waals surface area contributed by atoms with Crippen LogP contribution in [0, 0.1) is 6.92 Å². The molecule has 3 nitrogen and oxygen atoms in total. The number of pyridine rings is 1. The first-order valence-corrected chi connectivity index (χ1v) is 2.72. The molecule has 0 aliphatic carbocycles. The van der Waals surface area contributed by atoms with Gasteiger partial charge in [-0.1, -0.05) is 0 Å². The highest BCUT2D eigenvalue weighted by Crippen LogP contribution is 2.08. The van der Waals surface area contributed by atoms with Gasteiger partial charge in [-0.05, 0) is 18.6 Å². The average molecular weight is 123 g/mol. The van der Waals surface area contributed by atoms with Gasteiger partial charge in [-0.25, -0.2) is 0 Å². The van der Waals surface area contributed by atoms with Crippen LogP contribution in [0.15, 0.2) is 18.5 Å². The Morgan fingerprint density at radius 1 is 1.67 bits per heavy atom. The van der Waals surface area contributed by atoms with E-state index in [0.717, 1.165) is 11.3 Å². The summed E-state index contributed by atoms with van der Waals surface area (Å²) in [6, 6.07) is 1.83. The van der Waals surface area contributed by atoms with E-state index in [2.05, 4.69) is 10.4 Å². The highest BCUT2D eigenvalue weighted by atomic mass is 15.2. The molecule has 48 valence electrons. The van der Waals surface area contributed by atoms with Crippen LogP contribution in [0.3, 0.4) is 0 Å². The maximum Gasteiger partial charge on any atom is 0.0544 e. The molecular formula is C6H9N3. The van der Waals surface area contributed by atoms with Crippen molar-refractivity contribution < 1.29 is 0 Å². The number of nitrogen functional groups attached to an aromatic ring is 1. The van der Waals surface area contributed by atoms with Gasteiger partial charge in [-0.15, -0.1) is 0 Å². The fraction of sp³-hybridized carbons (Fsp3) is 0.167. The molecule has 0 spiro atoms. The minimum atomic E-state index is 0.921. The van der Waals surface area contributed by atoms with Gasteiger partial charge < -0.3 is 5.43 Å². The molecule has 1 aromatic heterocycles. The summed E-state index contributed by atoms with van der Waals surface area (Å²) in [6.07, 6.45) is 3.46. The molecule has 0 aromatic carbocycles. The van der Waals surface area contributed by atoms with Crippen molar-refractivity contribution in [1.82, 2.24) is 4.98 Å². The number of nitrogens with two attached hydrogens (primary N) is 1. The number of aromatic nitrogens is 1. The number of anilines is 1. The SMILES string of the molecule is Cc1cnccc1NN. The lowest BCUT2D eigenvalue weighted by Crippen LogP contribution is -2.07. The first-order valence-electron chi connectivity index (χ1n) is 2.72. The number of hydrogen-bond acceptors (Lipinski definition) is 3. The number of nitrogens with zero attached hydrogens (tertiary/aromatic N) is 1. The molecule has 9 heavy (non-hydrogen) atoms. The minimum Gasteiger partial charge on any atom is -0.324 e. The van der Waals surface area contributed by atoms with Crippen molar-refractivity contribution in [3.8, 4) is 0 Å². The van der Waals surface area contributed by atoms with E-state index in [9.17, 15) is 0 Å². The van der Waals surface area contributed by atoms with E-state index in [1.165, 1.54) is 0 Å². The zero-order valence-corrected chi connectivity index (χ0v) is 5.26. The van der Waals surface area contributed by atoms with Crippen LogP contribution in [0.25, 0.3) is 0 Å². The second-order valence-corrected chi connectivity index (χ2v) is 1.83. The van der Waals surface area contributed by atoms with E-state index in [1.807, 2.05) is 13.0 Å². The molecule has 0 saturated carbocycles. The Kier molecular flexibility index (Phi) is 1.65. The summed E-state index contributed by atoms with van der Waals surface area (Å²) in [7, 11) is 0. The second kappa shape index (κ2) is 2.46. The fourth-order valence-electron chi connectivity index (χ4n) is 0.635. The summed E-state index contributed by atoms with van der Waals surface area (Å²) in [5.41, 5.74) is 4.53. The van der Waals surface area contributed by atoms with Crippen LogP contribution < -0.4 is 11.3 Å². The molecule has 0 amide bonds. The summed E-state index contributed by atoms with van der Waals surface area (Å²) < 4.78 is 0. The van der Waals surface area contributed by atoms with Crippen molar-refractivity contribution in [2.45, 2.75) is 6.92 Å². The molecule has 0 fully saturated rings. The molecule has 0 aliphatic heterocycles. The van der Waals surface area contributed by atoms with Gasteiger partial charge in [0, 0.05) is 12.4 Å². The zero-order valence-electron chi connectivity index (χ0n) is 5.26. The van der Waals surface area contributed by atoms with Gasteiger partial charge in [-0.3, -0.25) is 10.8 Å². The van der Waals surface area contributed by atoms with Gasteiger partial charge in [0.25, 0.3) is 0 Å². The largest absolute Gasteiger partial charge is 0.324 e. The molecule has 0 aliphatic rings. The monoisotopic (exact) mass is 123 g/mol. The van der Waals surface area contributed by atoms with Crippen LogP contribution in [-0.2, 0) is 0 Å². The summed E-state index contributed by atoms with van der Waals surface area (Å²) in [4.78, 5) is 3.90. The van der Waals surface area contributed by atoms with Crippen LogP contribution in [0.2, 0.25) is 0 Å². The number of aryl methyl sites for hydroxylation is 1. The van der Waals surface area contributed by atoms with E-state index >= 15 is 0 Å². The summed E-state index contributed by atoms with van der Waals surface area (Å²) in [5.74, 6) is 5.17. The molecule has 1 heterocycles. The Labute approximate surface area is 53.9 Å². The van der Waals surface area contributed by atoms with Crippen LogP contribution in [-0.4, -0.2) is 4.98 Å². The Morgan fingerprint density at radius 3 is 2.89 bits per heavy atom. The number of nitrogens with one attached hydrogen (secondary N) is 1. The van der Waals surface area contributed by atoms with Gasteiger partial charge >= 0.3 is 0 Å². The average Bonchev–Trinajstić information content (AvgIpc) is 1.89.